The van der Waals surface area contributed by atoms with Gasteiger partial charge >= 0.3 is 11.9 Å². The SMILES string of the molecule is CCCCCCCc1ccc(C(=O)Oc2ccc(O[C@@H](C)C(=O)OCC)cc2)cc1. The molecule has 0 aromatic heterocycles. The molecule has 5 heteroatoms. The summed E-state index contributed by atoms with van der Waals surface area (Å²) in [6.45, 7) is 5.89. The molecule has 30 heavy (non-hydrogen) atoms. The molecule has 162 valence electrons. The van der Waals surface area contributed by atoms with E-state index in [1.165, 1.54) is 37.7 Å². The van der Waals surface area contributed by atoms with Gasteiger partial charge in [-0.05, 0) is 68.7 Å². The molecule has 0 spiro atoms. The lowest BCUT2D eigenvalue weighted by atomic mass is 10.0. The van der Waals surface area contributed by atoms with Gasteiger partial charge in [-0.25, -0.2) is 9.59 Å². The first-order chi connectivity index (χ1) is 14.5. The molecular formula is C25H32O5. The molecule has 0 fully saturated rings. The number of carbonyl (C=O) groups is 2. The molecule has 0 aliphatic rings. The van der Waals surface area contributed by atoms with Crippen LogP contribution in [0.4, 0.5) is 0 Å². The summed E-state index contributed by atoms with van der Waals surface area (Å²) in [6.07, 6.45) is 6.57. The fourth-order valence-electron chi connectivity index (χ4n) is 3.00. The standard InChI is InChI=1S/C25H32O5/c1-4-6-7-8-9-10-20-11-13-21(14-12-20)25(27)30-23-17-15-22(16-18-23)29-19(3)24(26)28-5-2/h11-19H,4-10H2,1-3H3/t19-/m0/s1. The van der Waals surface area contributed by atoms with E-state index in [0.717, 1.165) is 6.42 Å². The first kappa shape index (κ1) is 23.5. The molecule has 0 amide bonds. The van der Waals surface area contributed by atoms with Gasteiger partial charge in [-0.3, -0.25) is 0 Å². The number of carbonyl (C=O) groups excluding carboxylic acids is 2. The number of hydrogen-bond donors (Lipinski definition) is 0. The van der Waals surface area contributed by atoms with Crippen LogP contribution in [0, 0.1) is 0 Å². The van der Waals surface area contributed by atoms with E-state index >= 15 is 0 Å². The Balaban J connectivity index is 1.83. The van der Waals surface area contributed by atoms with E-state index in [2.05, 4.69) is 6.92 Å². The van der Waals surface area contributed by atoms with Crippen LogP contribution in [0.5, 0.6) is 11.5 Å². The summed E-state index contributed by atoms with van der Waals surface area (Å²) in [5.74, 6) is 0.0882. The number of rotatable bonds is 12. The molecule has 0 aliphatic heterocycles. The van der Waals surface area contributed by atoms with Gasteiger partial charge in [0.25, 0.3) is 0 Å². The normalized spacial score (nSPS) is 11.6. The van der Waals surface area contributed by atoms with Crippen molar-refractivity contribution in [3.8, 4) is 11.5 Å². The van der Waals surface area contributed by atoms with Crippen LogP contribution in [-0.2, 0) is 16.0 Å². The number of unbranched alkanes of at least 4 members (excludes halogenated alkanes) is 4. The van der Waals surface area contributed by atoms with Crippen molar-refractivity contribution < 1.29 is 23.8 Å². The largest absolute Gasteiger partial charge is 0.479 e. The number of benzene rings is 2. The second-order valence-corrected chi connectivity index (χ2v) is 7.23. The minimum atomic E-state index is -0.705. The van der Waals surface area contributed by atoms with Gasteiger partial charge in [0.05, 0.1) is 12.2 Å². The van der Waals surface area contributed by atoms with Crippen molar-refractivity contribution in [2.45, 2.75) is 65.4 Å². The van der Waals surface area contributed by atoms with Gasteiger partial charge in [-0.1, -0.05) is 44.7 Å². The Labute approximate surface area is 179 Å². The quantitative estimate of drug-likeness (QED) is 0.252. The summed E-state index contributed by atoms with van der Waals surface area (Å²) < 4.78 is 15.9. The van der Waals surface area contributed by atoms with Crippen molar-refractivity contribution in [1.82, 2.24) is 0 Å². The Hall–Kier alpha value is -2.82. The fourth-order valence-corrected chi connectivity index (χ4v) is 3.00. The minimum Gasteiger partial charge on any atom is -0.479 e. The van der Waals surface area contributed by atoms with Crippen molar-refractivity contribution >= 4 is 11.9 Å². The second-order valence-electron chi connectivity index (χ2n) is 7.23. The smallest absolute Gasteiger partial charge is 0.347 e. The molecule has 0 unspecified atom stereocenters. The monoisotopic (exact) mass is 412 g/mol. The molecule has 1 atom stereocenters. The van der Waals surface area contributed by atoms with E-state index in [9.17, 15) is 9.59 Å². The molecular weight excluding hydrogens is 380 g/mol. The van der Waals surface area contributed by atoms with Gasteiger partial charge in [0.15, 0.2) is 6.10 Å². The molecule has 0 radical (unpaired) electrons. The Morgan fingerprint density at radius 1 is 0.833 bits per heavy atom. The fraction of sp³-hybridized carbons (Fsp3) is 0.440. The van der Waals surface area contributed by atoms with Crippen LogP contribution in [0.25, 0.3) is 0 Å². The highest BCUT2D eigenvalue weighted by atomic mass is 16.6. The summed E-state index contributed by atoms with van der Waals surface area (Å²) in [6, 6.07) is 14.2. The highest BCUT2D eigenvalue weighted by Gasteiger charge is 2.16. The Morgan fingerprint density at radius 3 is 2.10 bits per heavy atom. The molecule has 0 saturated carbocycles. The highest BCUT2D eigenvalue weighted by molar-refractivity contribution is 5.91. The third-order valence-corrected chi connectivity index (χ3v) is 4.72. The predicted molar refractivity (Wildman–Crippen MR) is 117 cm³/mol. The van der Waals surface area contributed by atoms with Crippen molar-refractivity contribution in [3.05, 3.63) is 59.7 Å². The molecule has 0 saturated heterocycles. The number of esters is 2. The average molecular weight is 413 g/mol. The first-order valence-electron chi connectivity index (χ1n) is 10.8. The second kappa shape index (κ2) is 12.7. The van der Waals surface area contributed by atoms with Gasteiger partial charge in [0, 0.05) is 0 Å². The topological polar surface area (TPSA) is 61.8 Å². The van der Waals surface area contributed by atoms with Crippen molar-refractivity contribution in [2.24, 2.45) is 0 Å². The zero-order chi connectivity index (χ0) is 21.8. The lowest BCUT2D eigenvalue weighted by Crippen LogP contribution is -2.26. The summed E-state index contributed by atoms with van der Waals surface area (Å²) in [7, 11) is 0. The van der Waals surface area contributed by atoms with E-state index in [0.29, 0.717) is 23.7 Å². The van der Waals surface area contributed by atoms with Crippen molar-refractivity contribution in [2.75, 3.05) is 6.61 Å². The zero-order valence-electron chi connectivity index (χ0n) is 18.2. The van der Waals surface area contributed by atoms with Crippen molar-refractivity contribution in [1.29, 1.82) is 0 Å². The van der Waals surface area contributed by atoms with Gasteiger partial charge in [-0.15, -0.1) is 0 Å². The first-order valence-corrected chi connectivity index (χ1v) is 10.8. The lowest BCUT2D eigenvalue weighted by molar-refractivity contribution is -0.150. The maximum Gasteiger partial charge on any atom is 0.347 e. The van der Waals surface area contributed by atoms with Crippen LogP contribution < -0.4 is 9.47 Å². The third-order valence-electron chi connectivity index (χ3n) is 4.72. The maximum atomic E-state index is 12.4. The van der Waals surface area contributed by atoms with Crippen LogP contribution in [0.3, 0.4) is 0 Å². The predicted octanol–water partition coefficient (Wildman–Crippen LogP) is 5.75. The average Bonchev–Trinajstić information content (AvgIpc) is 2.75. The summed E-state index contributed by atoms with van der Waals surface area (Å²) in [5, 5.41) is 0. The van der Waals surface area contributed by atoms with Crippen LogP contribution in [0.1, 0.15) is 68.8 Å². The lowest BCUT2D eigenvalue weighted by Gasteiger charge is -2.13. The molecule has 2 rings (SSSR count). The Morgan fingerprint density at radius 2 is 1.47 bits per heavy atom. The van der Waals surface area contributed by atoms with E-state index in [4.69, 9.17) is 14.2 Å². The van der Waals surface area contributed by atoms with Crippen LogP contribution in [-0.4, -0.2) is 24.6 Å². The van der Waals surface area contributed by atoms with Crippen LogP contribution in [0.2, 0.25) is 0 Å². The summed E-state index contributed by atoms with van der Waals surface area (Å²) in [4.78, 5) is 24.0. The Bertz CT molecular complexity index is 780. The summed E-state index contributed by atoms with van der Waals surface area (Å²) >= 11 is 0. The molecule has 2 aromatic rings. The highest BCUT2D eigenvalue weighted by Crippen LogP contribution is 2.20. The Kier molecular flexibility index (Phi) is 9.92. The number of hydrogen-bond acceptors (Lipinski definition) is 5. The van der Waals surface area contributed by atoms with Crippen LogP contribution >= 0.6 is 0 Å². The van der Waals surface area contributed by atoms with E-state index in [-0.39, 0.29) is 0 Å². The van der Waals surface area contributed by atoms with E-state index in [1.54, 1.807) is 38.1 Å². The molecule has 5 nitrogen and oxygen atoms in total. The van der Waals surface area contributed by atoms with Gasteiger partial charge in [0.2, 0.25) is 0 Å². The van der Waals surface area contributed by atoms with E-state index in [1.807, 2.05) is 24.3 Å². The van der Waals surface area contributed by atoms with Gasteiger partial charge < -0.3 is 14.2 Å². The van der Waals surface area contributed by atoms with Crippen LogP contribution in [0.15, 0.2) is 48.5 Å². The zero-order valence-corrected chi connectivity index (χ0v) is 18.2. The molecule has 0 heterocycles. The molecule has 2 aromatic carbocycles. The molecule has 0 bridgehead atoms. The van der Waals surface area contributed by atoms with Gasteiger partial charge in [0.1, 0.15) is 11.5 Å². The third kappa shape index (κ3) is 7.90. The minimum absolute atomic E-state index is 0.307. The number of ether oxygens (including phenoxy) is 3. The molecule has 0 N–H and O–H groups in total. The maximum absolute atomic E-state index is 12.4. The summed E-state index contributed by atoms with van der Waals surface area (Å²) in [5.41, 5.74) is 1.75. The van der Waals surface area contributed by atoms with E-state index < -0.39 is 18.0 Å². The molecule has 0 aliphatic carbocycles. The van der Waals surface area contributed by atoms with Crippen molar-refractivity contribution in [3.63, 3.8) is 0 Å². The number of aryl methyl sites for hydroxylation is 1. The van der Waals surface area contributed by atoms with Gasteiger partial charge in [-0.2, -0.15) is 0 Å².